The van der Waals surface area contributed by atoms with Crippen LogP contribution in [-0.4, -0.2) is 54.6 Å². The summed E-state index contributed by atoms with van der Waals surface area (Å²) in [7, 11) is 4.57. The molecular formula is C40H38ClFN6O8. The summed E-state index contributed by atoms with van der Waals surface area (Å²) in [6, 6.07) is 9.66. The Kier molecular flexibility index (Phi) is 8.64. The van der Waals surface area contributed by atoms with Gasteiger partial charge in [0.15, 0.2) is 11.5 Å². The van der Waals surface area contributed by atoms with Crippen LogP contribution in [0.3, 0.4) is 0 Å². The van der Waals surface area contributed by atoms with Crippen LogP contribution < -0.4 is 31.3 Å². The van der Waals surface area contributed by atoms with Crippen molar-refractivity contribution < 1.29 is 28.6 Å². The normalized spacial score (nSPS) is 21.5. The van der Waals surface area contributed by atoms with Gasteiger partial charge in [0.1, 0.15) is 17.3 Å². The fourth-order valence-electron chi connectivity index (χ4n) is 9.01. The zero-order chi connectivity index (χ0) is 40.1. The number of hydrogen-bond donors (Lipinski definition) is 1. The lowest BCUT2D eigenvalue weighted by Crippen LogP contribution is -2.49. The summed E-state index contributed by atoms with van der Waals surface area (Å²) in [6.45, 7) is 5.04. The van der Waals surface area contributed by atoms with Crippen LogP contribution in [0, 0.1) is 31.0 Å². The number of aromatic hydroxyl groups is 1. The topological polar surface area (TPSA) is 160 Å². The second-order valence-corrected chi connectivity index (χ2v) is 15.2. The van der Waals surface area contributed by atoms with Gasteiger partial charge < -0.3 is 19.1 Å². The molecular weight excluding hydrogens is 747 g/mol. The van der Waals surface area contributed by atoms with E-state index in [4.69, 9.17) is 21.1 Å². The summed E-state index contributed by atoms with van der Waals surface area (Å²) >= 11 is 6.11. The largest absolute Gasteiger partial charge is 0.507 e. The molecule has 1 saturated carbocycles. The van der Waals surface area contributed by atoms with E-state index in [1.54, 1.807) is 52.1 Å². The molecule has 2 aromatic heterocycles. The molecule has 0 bridgehead atoms. The van der Waals surface area contributed by atoms with Crippen molar-refractivity contribution >= 4 is 40.1 Å². The highest BCUT2D eigenvalue weighted by Crippen LogP contribution is 2.61. The summed E-state index contributed by atoms with van der Waals surface area (Å²) in [6.07, 6.45) is 1.79. The van der Waals surface area contributed by atoms with Gasteiger partial charge in [-0.05, 0) is 67.7 Å². The standard InChI is InChI=1S/C40H38ClFN6O8/c1-19-13-21(14-20(2)34(19)49)33-23-9-12-46-38(53)45(11-10-27-36(51)44(4)30-18-32(56-6)31(55-5)17-28(30)43-27)39(54)48(46)29(23)16-24-35(50)47(37(52)40(24,33)3)22-7-8-26(42)25(41)15-22/h7-9,13-15,17-18,24,29,33,49H,10-12,16H2,1-6H3/t24-,29+,33-,40+/m0/s1. The highest BCUT2D eigenvalue weighted by molar-refractivity contribution is 6.31. The van der Waals surface area contributed by atoms with Gasteiger partial charge in [-0.2, -0.15) is 0 Å². The Bertz CT molecular complexity index is 2740. The minimum atomic E-state index is -1.38. The number of methoxy groups -OCH3 is 2. The molecule has 14 nitrogen and oxygen atoms in total. The van der Waals surface area contributed by atoms with Crippen LogP contribution in [0.5, 0.6) is 17.2 Å². The fourth-order valence-corrected chi connectivity index (χ4v) is 9.19. The van der Waals surface area contributed by atoms with Gasteiger partial charge in [-0.25, -0.2) is 37.8 Å². The third-order valence-corrected chi connectivity index (χ3v) is 12.1. The molecule has 8 rings (SSSR count). The number of nitrogens with zero attached hydrogens (tertiary/aromatic N) is 6. The zero-order valence-corrected chi connectivity index (χ0v) is 32.2. The quantitative estimate of drug-likeness (QED) is 0.188. The van der Waals surface area contributed by atoms with Gasteiger partial charge in [-0.1, -0.05) is 29.8 Å². The minimum absolute atomic E-state index is 0.00274. The molecule has 3 aromatic carbocycles. The summed E-state index contributed by atoms with van der Waals surface area (Å²) < 4.78 is 30.2. The first-order valence-electron chi connectivity index (χ1n) is 18.0. The maximum absolute atomic E-state index is 14.7. The second kappa shape index (κ2) is 13.1. The smallest absolute Gasteiger partial charge is 0.347 e. The fraction of sp³-hybridized carbons (Fsp3) is 0.350. The van der Waals surface area contributed by atoms with Crippen LogP contribution in [0.4, 0.5) is 10.1 Å². The summed E-state index contributed by atoms with van der Waals surface area (Å²) in [5, 5.41) is 10.4. The number of carbonyl (C=O) groups excluding carboxylic acids is 2. The molecule has 56 heavy (non-hydrogen) atoms. The highest BCUT2D eigenvalue weighted by Gasteiger charge is 2.65. The monoisotopic (exact) mass is 784 g/mol. The first-order chi connectivity index (χ1) is 26.6. The number of imide groups is 1. The first kappa shape index (κ1) is 37.0. The molecule has 16 heteroatoms. The molecule has 1 N–H and O–H groups in total. The molecule has 1 saturated heterocycles. The average molecular weight is 785 g/mol. The van der Waals surface area contributed by atoms with Gasteiger partial charge in [-0.3, -0.25) is 14.4 Å². The van der Waals surface area contributed by atoms with Gasteiger partial charge in [0.25, 0.3) is 5.56 Å². The first-order valence-corrected chi connectivity index (χ1v) is 18.4. The number of rotatable bonds is 7. The number of allylic oxidation sites excluding steroid dienone is 2. The molecule has 4 heterocycles. The highest BCUT2D eigenvalue weighted by atomic mass is 35.5. The van der Waals surface area contributed by atoms with Gasteiger partial charge in [-0.15, -0.1) is 0 Å². The third-order valence-electron chi connectivity index (χ3n) is 11.8. The lowest BCUT2D eigenvalue weighted by molar-refractivity contribution is -0.129. The van der Waals surface area contributed by atoms with E-state index in [0.29, 0.717) is 44.8 Å². The predicted molar refractivity (Wildman–Crippen MR) is 204 cm³/mol. The lowest BCUT2D eigenvalue weighted by atomic mass is 9.56. The van der Waals surface area contributed by atoms with Crippen molar-refractivity contribution in [2.75, 3.05) is 19.1 Å². The zero-order valence-electron chi connectivity index (χ0n) is 31.4. The lowest BCUT2D eigenvalue weighted by Gasteiger charge is -2.47. The van der Waals surface area contributed by atoms with E-state index >= 15 is 0 Å². The number of phenolic OH excluding ortho intramolecular Hbond substituents is 1. The number of aromatic nitrogens is 5. The van der Waals surface area contributed by atoms with E-state index in [1.165, 1.54) is 40.3 Å². The van der Waals surface area contributed by atoms with Crippen LogP contribution >= 0.6 is 11.6 Å². The van der Waals surface area contributed by atoms with E-state index in [1.807, 2.05) is 6.08 Å². The van der Waals surface area contributed by atoms with Crippen molar-refractivity contribution in [3.05, 3.63) is 119 Å². The van der Waals surface area contributed by atoms with E-state index in [9.17, 15) is 33.5 Å². The minimum Gasteiger partial charge on any atom is -0.507 e. The van der Waals surface area contributed by atoms with Crippen molar-refractivity contribution in [2.24, 2.45) is 18.4 Å². The number of phenols is 1. The van der Waals surface area contributed by atoms with Gasteiger partial charge >= 0.3 is 11.4 Å². The molecule has 1 aliphatic carbocycles. The SMILES string of the molecule is COc1cc2nc(CCn3c(=O)n4n(c3=O)[C@@H]3C[C@H]5C(=O)N(c6ccc(F)c(Cl)c6)C(=O)[C@@]5(C)[C@@H](c5cc(C)c(O)c(C)c5)C3=CC4)c(=O)n(C)c2cc1OC. The number of benzene rings is 3. The molecule has 5 aromatic rings. The maximum Gasteiger partial charge on any atom is 0.347 e. The Balaban J connectivity index is 1.22. The van der Waals surface area contributed by atoms with Crippen LogP contribution in [0.25, 0.3) is 11.0 Å². The molecule has 0 unspecified atom stereocenters. The van der Waals surface area contributed by atoms with E-state index in [2.05, 4.69) is 4.98 Å². The van der Waals surface area contributed by atoms with Crippen LogP contribution in [0.15, 0.2) is 68.5 Å². The Labute approximate surface area is 323 Å². The van der Waals surface area contributed by atoms with E-state index in [-0.39, 0.29) is 48.1 Å². The molecule has 3 aliphatic rings. The van der Waals surface area contributed by atoms with Crippen molar-refractivity contribution in [2.45, 2.75) is 58.7 Å². The molecule has 290 valence electrons. The van der Waals surface area contributed by atoms with Crippen molar-refractivity contribution in [3.63, 3.8) is 0 Å². The summed E-state index contributed by atoms with van der Waals surface area (Å²) in [4.78, 5) is 76.5. The number of ether oxygens (including phenoxy) is 2. The molecule has 4 atom stereocenters. The Morgan fingerprint density at radius 3 is 2.32 bits per heavy atom. The van der Waals surface area contributed by atoms with Crippen LogP contribution in [0.2, 0.25) is 5.02 Å². The second-order valence-electron chi connectivity index (χ2n) is 14.8. The maximum atomic E-state index is 14.7. The average Bonchev–Trinajstić information content (AvgIpc) is 3.53. The Morgan fingerprint density at radius 1 is 0.982 bits per heavy atom. The van der Waals surface area contributed by atoms with Gasteiger partial charge in [0.2, 0.25) is 11.8 Å². The number of hydrogen-bond acceptors (Lipinski definition) is 9. The number of carbonyl (C=O) groups is 2. The number of anilines is 1. The van der Waals surface area contributed by atoms with E-state index in [0.717, 1.165) is 15.5 Å². The van der Waals surface area contributed by atoms with Crippen molar-refractivity contribution in [3.8, 4) is 17.2 Å². The van der Waals surface area contributed by atoms with Crippen molar-refractivity contribution in [1.82, 2.24) is 23.5 Å². The Hall–Kier alpha value is -5.96. The van der Waals surface area contributed by atoms with Crippen LogP contribution in [-0.2, 0) is 36.1 Å². The van der Waals surface area contributed by atoms with E-state index < -0.39 is 57.9 Å². The number of fused-ring (bicyclic) bond motifs is 5. The Morgan fingerprint density at radius 2 is 1.66 bits per heavy atom. The van der Waals surface area contributed by atoms with Gasteiger partial charge in [0.05, 0.1) is 59.9 Å². The predicted octanol–water partition coefficient (Wildman–Crippen LogP) is 4.30. The summed E-state index contributed by atoms with van der Waals surface area (Å²) in [5.74, 6) is -2.57. The van der Waals surface area contributed by atoms with Crippen LogP contribution in [0.1, 0.15) is 47.7 Å². The molecule has 0 radical (unpaired) electrons. The molecule has 0 spiro atoms. The summed E-state index contributed by atoms with van der Waals surface area (Å²) in [5.41, 5.74) is 0.613. The molecule has 2 fully saturated rings. The number of amides is 2. The number of halogens is 2. The number of aryl methyl sites for hydroxylation is 4. The van der Waals surface area contributed by atoms with Crippen molar-refractivity contribution in [1.29, 1.82) is 0 Å². The molecule has 2 amide bonds. The van der Waals surface area contributed by atoms with Gasteiger partial charge in [0, 0.05) is 38.1 Å². The molecule has 2 aliphatic heterocycles. The third kappa shape index (κ3) is 5.20.